The van der Waals surface area contributed by atoms with Gasteiger partial charge >= 0.3 is 0 Å². The van der Waals surface area contributed by atoms with Crippen molar-refractivity contribution in [1.82, 2.24) is 4.98 Å². The minimum atomic E-state index is -0.437. The Morgan fingerprint density at radius 2 is 1.75 bits per heavy atom. The molecule has 0 aliphatic heterocycles. The summed E-state index contributed by atoms with van der Waals surface area (Å²) in [7, 11) is 0. The van der Waals surface area contributed by atoms with Crippen LogP contribution in [0.2, 0.25) is 0 Å². The number of hydrogen-bond donors (Lipinski definition) is 2. The number of hydrogen-bond acceptors (Lipinski definition) is 4. The first-order valence-electron chi connectivity index (χ1n) is 8.77. The number of para-hydroxylation sites is 1. The van der Waals surface area contributed by atoms with Crippen molar-refractivity contribution in [2.75, 3.05) is 10.6 Å². The number of nitrogens with one attached hydrogen (secondary N) is 2. The largest absolute Gasteiger partial charge is 0.322 e. The molecule has 2 N–H and O–H groups in total. The minimum absolute atomic E-state index is 0.126. The predicted octanol–water partition coefficient (Wildman–Crippen LogP) is 4.02. The second kappa shape index (κ2) is 8.60. The number of nitrogens with zero attached hydrogens (tertiary/aromatic N) is 2. The van der Waals surface area contributed by atoms with E-state index in [9.17, 15) is 9.59 Å². The lowest BCUT2D eigenvalue weighted by molar-refractivity contribution is 0.102. The molecule has 3 aromatic rings. The maximum absolute atomic E-state index is 12.6. The van der Waals surface area contributed by atoms with Gasteiger partial charge in [0, 0.05) is 23.1 Å². The predicted molar refractivity (Wildman–Crippen MR) is 107 cm³/mol. The number of carbonyl (C=O) groups is 2. The molecule has 0 bridgehead atoms. The van der Waals surface area contributed by atoms with Crippen molar-refractivity contribution in [2.45, 2.75) is 13.3 Å². The van der Waals surface area contributed by atoms with Gasteiger partial charge in [-0.1, -0.05) is 25.1 Å². The van der Waals surface area contributed by atoms with Gasteiger partial charge in [-0.15, -0.1) is 0 Å². The number of carbonyl (C=O) groups excluding carboxylic acids is 2. The first-order chi connectivity index (χ1) is 13.6. The number of nitriles is 1. The molecule has 0 spiro atoms. The number of pyridine rings is 1. The molecular weight excluding hydrogens is 352 g/mol. The molecule has 6 heteroatoms. The van der Waals surface area contributed by atoms with Gasteiger partial charge in [0.25, 0.3) is 11.8 Å². The molecule has 0 atom stereocenters. The fraction of sp³-hybridized carbons (Fsp3) is 0.0909. The molecule has 28 heavy (non-hydrogen) atoms. The van der Waals surface area contributed by atoms with E-state index in [2.05, 4.69) is 15.6 Å². The van der Waals surface area contributed by atoms with Gasteiger partial charge in [-0.2, -0.15) is 5.26 Å². The van der Waals surface area contributed by atoms with E-state index in [0.29, 0.717) is 16.8 Å². The van der Waals surface area contributed by atoms with E-state index in [1.807, 2.05) is 37.3 Å². The molecular formula is C22H18N4O2. The van der Waals surface area contributed by atoms with E-state index in [1.54, 1.807) is 30.3 Å². The molecule has 6 nitrogen and oxygen atoms in total. The highest BCUT2D eigenvalue weighted by molar-refractivity contribution is 6.08. The van der Waals surface area contributed by atoms with E-state index < -0.39 is 5.91 Å². The molecule has 1 heterocycles. The molecule has 1 aromatic heterocycles. The van der Waals surface area contributed by atoms with E-state index in [1.165, 1.54) is 12.3 Å². The van der Waals surface area contributed by atoms with Crippen LogP contribution in [0.15, 0.2) is 66.9 Å². The van der Waals surface area contributed by atoms with Gasteiger partial charge in [0.1, 0.15) is 5.69 Å². The number of aromatic nitrogens is 1. The monoisotopic (exact) mass is 370 g/mol. The summed E-state index contributed by atoms with van der Waals surface area (Å²) in [6, 6.07) is 19.1. The van der Waals surface area contributed by atoms with Gasteiger partial charge < -0.3 is 10.6 Å². The maximum Gasteiger partial charge on any atom is 0.274 e. The highest BCUT2D eigenvalue weighted by Gasteiger charge is 2.13. The van der Waals surface area contributed by atoms with E-state index in [-0.39, 0.29) is 11.6 Å². The van der Waals surface area contributed by atoms with Crippen molar-refractivity contribution < 1.29 is 9.59 Å². The lowest BCUT2D eigenvalue weighted by Crippen LogP contribution is -2.17. The van der Waals surface area contributed by atoms with E-state index in [4.69, 9.17) is 5.26 Å². The average molecular weight is 370 g/mol. The average Bonchev–Trinajstić information content (AvgIpc) is 2.74. The fourth-order valence-electron chi connectivity index (χ4n) is 2.66. The smallest absolute Gasteiger partial charge is 0.274 e. The van der Waals surface area contributed by atoms with Crippen LogP contribution in [0.3, 0.4) is 0 Å². The van der Waals surface area contributed by atoms with Crippen LogP contribution in [-0.4, -0.2) is 16.8 Å². The van der Waals surface area contributed by atoms with Crippen LogP contribution in [0.5, 0.6) is 0 Å². The van der Waals surface area contributed by atoms with Gasteiger partial charge in [0.2, 0.25) is 0 Å². The first-order valence-corrected chi connectivity index (χ1v) is 8.77. The van der Waals surface area contributed by atoms with Gasteiger partial charge in [0.05, 0.1) is 11.6 Å². The molecule has 2 amide bonds. The van der Waals surface area contributed by atoms with Gasteiger partial charge in [0.15, 0.2) is 0 Å². The Morgan fingerprint density at radius 3 is 2.46 bits per heavy atom. The summed E-state index contributed by atoms with van der Waals surface area (Å²) in [6.07, 6.45) is 2.22. The summed E-state index contributed by atoms with van der Waals surface area (Å²) in [5.74, 6) is -0.746. The SMILES string of the molecule is CCc1ccccc1NC(=O)c1ccnc(C(=O)Nc2ccc(C#N)cc2)c1. The van der Waals surface area contributed by atoms with Crippen molar-refractivity contribution in [2.24, 2.45) is 0 Å². The summed E-state index contributed by atoms with van der Waals surface area (Å²) in [5, 5.41) is 14.4. The van der Waals surface area contributed by atoms with Gasteiger partial charge in [-0.3, -0.25) is 14.6 Å². The minimum Gasteiger partial charge on any atom is -0.322 e. The molecule has 0 aliphatic rings. The Kier molecular flexibility index (Phi) is 5.78. The molecule has 0 radical (unpaired) electrons. The third kappa shape index (κ3) is 4.40. The van der Waals surface area contributed by atoms with Crippen molar-refractivity contribution in [3.05, 3.63) is 89.2 Å². The van der Waals surface area contributed by atoms with Crippen molar-refractivity contribution >= 4 is 23.2 Å². The second-order valence-electron chi connectivity index (χ2n) is 6.04. The lowest BCUT2D eigenvalue weighted by atomic mass is 10.1. The van der Waals surface area contributed by atoms with Crippen molar-refractivity contribution in [1.29, 1.82) is 5.26 Å². The number of rotatable bonds is 5. The Balaban J connectivity index is 1.74. The molecule has 2 aromatic carbocycles. The fourth-order valence-corrected chi connectivity index (χ4v) is 2.66. The summed E-state index contributed by atoms with van der Waals surface area (Å²) in [5.41, 5.74) is 3.28. The summed E-state index contributed by atoms with van der Waals surface area (Å²) in [4.78, 5) is 29.1. The normalized spacial score (nSPS) is 10.0. The van der Waals surface area contributed by atoms with Crippen molar-refractivity contribution in [3.63, 3.8) is 0 Å². The number of amides is 2. The molecule has 0 saturated carbocycles. The van der Waals surface area contributed by atoms with Gasteiger partial charge in [-0.05, 0) is 54.4 Å². The quantitative estimate of drug-likeness (QED) is 0.709. The molecule has 0 unspecified atom stereocenters. The molecule has 0 fully saturated rings. The number of benzene rings is 2. The molecule has 138 valence electrons. The highest BCUT2D eigenvalue weighted by atomic mass is 16.2. The third-order valence-electron chi connectivity index (χ3n) is 4.17. The van der Waals surface area contributed by atoms with E-state index >= 15 is 0 Å². The number of anilines is 2. The van der Waals surface area contributed by atoms with Crippen LogP contribution in [0.25, 0.3) is 0 Å². The highest BCUT2D eigenvalue weighted by Crippen LogP contribution is 2.17. The van der Waals surface area contributed by atoms with Crippen LogP contribution in [0.4, 0.5) is 11.4 Å². The molecule has 0 aliphatic carbocycles. The van der Waals surface area contributed by atoms with Crippen molar-refractivity contribution in [3.8, 4) is 6.07 Å². The molecule has 0 saturated heterocycles. The maximum atomic E-state index is 12.6. The molecule has 3 rings (SSSR count). The number of aryl methyl sites for hydroxylation is 1. The topological polar surface area (TPSA) is 94.9 Å². The van der Waals surface area contributed by atoms with Crippen LogP contribution in [0, 0.1) is 11.3 Å². The standard InChI is InChI=1S/C22H18N4O2/c1-2-16-5-3-4-6-19(16)26-21(27)17-11-12-24-20(13-17)22(28)25-18-9-7-15(14-23)8-10-18/h3-13H,2H2,1H3,(H,25,28)(H,26,27). The van der Waals surface area contributed by atoms with Gasteiger partial charge in [-0.25, -0.2) is 0 Å². The zero-order valence-electron chi connectivity index (χ0n) is 15.3. The zero-order valence-corrected chi connectivity index (χ0v) is 15.3. The second-order valence-corrected chi connectivity index (χ2v) is 6.04. The summed E-state index contributed by atoms with van der Waals surface area (Å²) in [6.45, 7) is 2.02. The Bertz CT molecular complexity index is 1050. The van der Waals surface area contributed by atoms with Crippen LogP contribution in [0.1, 0.15) is 38.9 Å². The van der Waals surface area contributed by atoms with Crippen LogP contribution in [-0.2, 0) is 6.42 Å². The Morgan fingerprint density at radius 1 is 1.00 bits per heavy atom. The van der Waals surface area contributed by atoms with Crippen LogP contribution < -0.4 is 10.6 Å². The third-order valence-corrected chi connectivity index (χ3v) is 4.17. The lowest BCUT2D eigenvalue weighted by Gasteiger charge is -2.10. The zero-order chi connectivity index (χ0) is 19.9. The van der Waals surface area contributed by atoms with E-state index in [0.717, 1.165) is 17.7 Å². The Labute approximate surface area is 162 Å². The first kappa shape index (κ1) is 18.8. The summed E-state index contributed by atoms with van der Waals surface area (Å²) < 4.78 is 0. The van der Waals surface area contributed by atoms with Crippen LogP contribution >= 0.6 is 0 Å². The Hall–Kier alpha value is -3.98. The summed E-state index contributed by atoms with van der Waals surface area (Å²) >= 11 is 0.